The Labute approximate surface area is 76.5 Å². The molecule has 1 aromatic heterocycles. The van der Waals surface area contributed by atoms with Gasteiger partial charge in [0.05, 0.1) is 5.60 Å². The molecule has 0 radical (unpaired) electrons. The lowest BCUT2D eigenvalue weighted by Crippen LogP contribution is -2.58. The van der Waals surface area contributed by atoms with Crippen LogP contribution in [-0.4, -0.2) is 28.8 Å². The molecule has 0 saturated carbocycles. The average molecular weight is 183 g/mol. The van der Waals surface area contributed by atoms with Gasteiger partial charge in [0.25, 0.3) is 0 Å². The van der Waals surface area contributed by atoms with Crippen molar-refractivity contribution in [2.75, 3.05) is 13.1 Å². The van der Waals surface area contributed by atoms with Gasteiger partial charge in [0.1, 0.15) is 6.61 Å². The van der Waals surface area contributed by atoms with E-state index in [1.165, 1.54) is 0 Å². The van der Waals surface area contributed by atoms with Crippen LogP contribution in [0.4, 0.5) is 0 Å². The molecule has 13 heavy (non-hydrogen) atoms. The molecule has 0 aromatic carbocycles. The highest BCUT2D eigenvalue weighted by Crippen LogP contribution is 2.16. The van der Waals surface area contributed by atoms with Crippen molar-refractivity contribution in [1.82, 2.24) is 15.5 Å². The molecule has 1 aromatic rings. The molecule has 1 aliphatic rings. The van der Waals surface area contributed by atoms with Crippen LogP contribution < -0.4 is 5.32 Å². The molecule has 0 spiro atoms. The molecule has 5 heteroatoms. The normalized spacial score (nSPS) is 19.8. The summed E-state index contributed by atoms with van der Waals surface area (Å²) in [6, 6.07) is 0. The van der Waals surface area contributed by atoms with Gasteiger partial charge in [-0.15, -0.1) is 0 Å². The van der Waals surface area contributed by atoms with Crippen LogP contribution in [0.2, 0.25) is 0 Å². The number of hydrogen-bond donors (Lipinski definition) is 1. The summed E-state index contributed by atoms with van der Waals surface area (Å²) in [5, 5.41) is 6.90. The van der Waals surface area contributed by atoms with Gasteiger partial charge in [0, 0.05) is 20.0 Å². The van der Waals surface area contributed by atoms with Crippen molar-refractivity contribution < 1.29 is 9.26 Å². The Hall–Kier alpha value is -0.940. The SMILES string of the molecule is Cc1nc(COC2(C)CNC2)no1. The fourth-order valence-electron chi connectivity index (χ4n) is 1.22. The number of hydrogen-bond acceptors (Lipinski definition) is 5. The van der Waals surface area contributed by atoms with E-state index >= 15 is 0 Å². The lowest BCUT2D eigenvalue weighted by atomic mass is 10.0. The molecule has 5 nitrogen and oxygen atoms in total. The maximum atomic E-state index is 5.62. The van der Waals surface area contributed by atoms with E-state index < -0.39 is 0 Å². The molecule has 0 amide bonds. The third-order valence-corrected chi connectivity index (χ3v) is 2.12. The second-order valence-corrected chi connectivity index (χ2v) is 3.57. The molecular weight excluding hydrogens is 170 g/mol. The van der Waals surface area contributed by atoms with Crippen molar-refractivity contribution in [1.29, 1.82) is 0 Å². The van der Waals surface area contributed by atoms with Crippen LogP contribution in [0.1, 0.15) is 18.6 Å². The van der Waals surface area contributed by atoms with Crippen molar-refractivity contribution in [2.24, 2.45) is 0 Å². The van der Waals surface area contributed by atoms with Crippen LogP contribution in [0.3, 0.4) is 0 Å². The molecule has 1 saturated heterocycles. The van der Waals surface area contributed by atoms with Crippen LogP contribution in [0, 0.1) is 6.92 Å². The third kappa shape index (κ3) is 1.87. The predicted octanol–water partition coefficient (Wildman–Crippen LogP) is 0.257. The Morgan fingerprint density at radius 2 is 2.38 bits per heavy atom. The van der Waals surface area contributed by atoms with E-state index in [0.29, 0.717) is 18.3 Å². The molecule has 2 heterocycles. The summed E-state index contributed by atoms with van der Waals surface area (Å²) in [7, 11) is 0. The molecule has 72 valence electrons. The number of ether oxygens (including phenoxy) is 1. The second kappa shape index (κ2) is 3.08. The molecule has 1 aliphatic heterocycles. The third-order valence-electron chi connectivity index (χ3n) is 2.12. The Balaban J connectivity index is 1.85. The lowest BCUT2D eigenvalue weighted by Gasteiger charge is -2.38. The van der Waals surface area contributed by atoms with E-state index in [9.17, 15) is 0 Å². The zero-order valence-electron chi connectivity index (χ0n) is 7.83. The van der Waals surface area contributed by atoms with E-state index in [0.717, 1.165) is 13.1 Å². The topological polar surface area (TPSA) is 60.2 Å². The Bertz CT molecular complexity index is 293. The highest BCUT2D eigenvalue weighted by atomic mass is 16.5. The van der Waals surface area contributed by atoms with Crippen LogP contribution in [0.25, 0.3) is 0 Å². The van der Waals surface area contributed by atoms with Gasteiger partial charge in [0.2, 0.25) is 5.89 Å². The summed E-state index contributed by atoms with van der Waals surface area (Å²) in [6.45, 7) is 6.04. The fraction of sp³-hybridized carbons (Fsp3) is 0.750. The molecular formula is C8H13N3O2. The first-order valence-corrected chi connectivity index (χ1v) is 4.32. The van der Waals surface area contributed by atoms with Crippen molar-refractivity contribution in [2.45, 2.75) is 26.1 Å². The van der Waals surface area contributed by atoms with Gasteiger partial charge in [-0.25, -0.2) is 0 Å². The van der Waals surface area contributed by atoms with E-state index in [4.69, 9.17) is 9.26 Å². The molecule has 2 rings (SSSR count). The minimum Gasteiger partial charge on any atom is -0.365 e. The van der Waals surface area contributed by atoms with Gasteiger partial charge in [-0.1, -0.05) is 5.16 Å². The summed E-state index contributed by atoms with van der Waals surface area (Å²) in [6.07, 6.45) is 0. The number of nitrogens with one attached hydrogen (secondary N) is 1. The molecule has 0 bridgehead atoms. The number of rotatable bonds is 3. The molecule has 1 N–H and O–H groups in total. The molecule has 0 atom stereocenters. The maximum absolute atomic E-state index is 5.62. The van der Waals surface area contributed by atoms with E-state index in [-0.39, 0.29) is 5.60 Å². The largest absolute Gasteiger partial charge is 0.365 e. The van der Waals surface area contributed by atoms with Crippen molar-refractivity contribution in [3.05, 3.63) is 11.7 Å². The Morgan fingerprint density at radius 3 is 2.85 bits per heavy atom. The highest BCUT2D eigenvalue weighted by Gasteiger charge is 2.32. The van der Waals surface area contributed by atoms with Gasteiger partial charge >= 0.3 is 0 Å². The van der Waals surface area contributed by atoms with Gasteiger partial charge in [-0.05, 0) is 6.92 Å². The monoisotopic (exact) mass is 183 g/mol. The first-order chi connectivity index (χ1) is 6.18. The van der Waals surface area contributed by atoms with Crippen LogP contribution in [0.5, 0.6) is 0 Å². The van der Waals surface area contributed by atoms with Crippen LogP contribution in [0.15, 0.2) is 4.52 Å². The first kappa shape index (κ1) is 8.65. The van der Waals surface area contributed by atoms with Crippen molar-refractivity contribution >= 4 is 0 Å². The van der Waals surface area contributed by atoms with Gasteiger partial charge in [-0.2, -0.15) is 4.98 Å². The van der Waals surface area contributed by atoms with Gasteiger partial charge in [-0.3, -0.25) is 0 Å². The van der Waals surface area contributed by atoms with Gasteiger partial charge in [0.15, 0.2) is 5.82 Å². The second-order valence-electron chi connectivity index (χ2n) is 3.57. The summed E-state index contributed by atoms with van der Waals surface area (Å²) >= 11 is 0. The van der Waals surface area contributed by atoms with Crippen molar-refractivity contribution in [3.63, 3.8) is 0 Å². The van der Waals surface area contributed by atoms with Crippen LogP contribution in [-0.2, 0) is 11.3 Å². The Morgan fingerprint density at radius 1 is 1.62 bits per heavy atom. The van der Waals surface area contributed by atoms with Crippen LogP contribution >= 0.6 is 0 Å². The summed E-state index contributed by atoms with van der Waals surface area (Å²) in [4.78, 5) is 4.05. The van der Waals surface area contributed by atoms with E-state index in [2.05, 4.69) is 22.4 Å². The summed E-state index contributed by atoms with van der Waals surface area (Å²) < 4.78 is 10.4. The lowest BCUT2D eigenvalue weighted by molar-refractivity contribution is -0.0793. The Kier molecular flexibility index (Phi) is 2.05. The van der Waals surface area contributed by atoms with E-state index in [1.54, 1.807) is 6.92 Å². The highest BCUT2D eigenvalue weighted by molar-refractivity contribution is 4.91. The maximum Gasteiger partial charge on any atom is 0.223 e. The number of nitrogens with zero attached hydrogens (tertiary/aromatic N) is 2. The first-order valence-electron chi connectivity index (χ1n) is 4.32. The molecule has 0 aliphatic carbocycles. The zero-order valence-corrected chi connectivity index (χ0v) is 7.83. The quantitative estimate of drug-likeness (QED) is 0.728. The summed E-state index contributed by atoms with van der Waals surface area (Å²) in [5.41, 5.74) is -0.0471. The number of aryl methyl sites for hydroxylation is 1. The average Bonchev–Trinajstić information content (AvgIpc) is 2.44. The van der Waals surface area contributed by atoms with Crippen molar-refractivity contribution in [3.8, 4) is 0 Å². The smallest absolute Gasteiger partial charge is 0.223 e. The fourth-order valence-corrected chi connectivity index (χ4v) is 1.22. The zero-order chi connectivity index (χ0) is 9.31. The standard InChI is InChI=1S/C8H13N3O2/c1-6-10-7(11-13-6)3-12-8(2)4-9-5-8/h9H,3-5H2,1-2H3. The van der Waals surface area contributed by atoms with E-state index in [1.807, 2.05) is 0 Å². The number of aromatic nitrogens is 2. The molecule has 1 fully saturated rings. The minimum absolute atomic E-state index is 0.0471. The predicted molar refractivity (Wildman–Crippen MR) is 45.1 cm³/mol. The minimum atomic E-state index is -0.0471. The van der Waals surface area contributed by atoms with Gasteiger partial charge < -0.3 is 14.6 Å². The summed E-state index contributed by atoms with van der Waals surface area (Å²) in [5.74, 6) is 1.20. The molecule has 0 unspecified atom stereocenters.